The van der Waals surface area contributed by atoms with Crippen molar-refractivity contribution in [3.63, 3.8) is 0 Å². The minimum Gasteiger partial charge on any atom is -0.491 e. The van der Waals surface area contributed by atoms with Crippen LogP contribution in [0.2, 0.25) is 0 Å². The van der Waals surface area contributed by atoms with Gasteiger partial charge in [0, 0.05) is 20.1 Å². The molecule has 0 fully saturated rings. The maximum absolute atomic E-state index is 11.7. The largest absolute Gasteiger partial charge is 0.491 e. The molecular formula is C15H23NO5. The number of nitrogen functional groups attached to an aromatic ring is 1. The van der Waals surface area contributed by atoms with Crippen molar-refractivity contribution in [3.8, 4) is 5.75 Å². The average molecular weight is 297 g/mol. The highest BCUT2D eigenvalue weighted by atomic mass is 16.5. The minimum atomic E-state index is -0.441. The third-order valence-corrected chi connectivity index (χ3v) is 2.68. The second kappa shape index (κ2) is 10.0. The summed E-state index contributed by atoms with van der Waals surface area (Å²) < 4.78 is 20.7. The van der Waals surface area contributed by atoms with E-state index in [1.54, 1.807) is 32.2 Å². The number of nitrogens with two attached hydrogens (primary N) is 1. The average Bonchev–Trinajstić information content (AvgIpc) is 2.48. The van der Waals surface area contributed by atoms with Gasteiger partial charge in [0.15, 0.2) is 0 Å². The van der Waals surface area contributed by atoms with Crippen LogP contribution in [-0.4, -0.2) is 46.1 Å². The van der Waals surface area contributed by atoms with E-state index in [4.69, 9.17) is 24.7 Å². The van der Waals surface area contributed by atoms with Crippen molar-refractivity contribution < 1.29 is 23.7 Å². The Hall–Kier alpha value is -1.79. The first-order chi connectivity index (χ1) is 10.2. The van der Waals surface area contributed by atoms with Gasteiger partial charge in [0.2, 0.25) is 0 Å². The molecule has 0 radical (unpaired) electrons. The molecule has 0 aliphatic heterocycles. The first kappa shape index (κ1) is 17.3. The maximum atomic E-state index is 11.7. The molecule has 0 aromatic heterocycles. The van der Waals surface area contributed by atoms with E-state index in [1.807, 2.05) is 0 Å². The van der Waals surface area contributed by atoms with Crippen molar-refractivity contribution in [3.05, 3.63) is 23.8 Å². The first-order valence-electron chi connectivity index (χ1n) is 6.95. The molecule has 0 aliphatic rings. The second-order valence-electron chi connectivity index (χ2n) is 4.25. The molecule has 0 amide bonds. The summed E-state index contributed by atoms with van der Waals surface area (Å²) in [5, 5.41) is 0. The highest BCUT2D eigenvalue weighted by Gasteiger charge is 2.14. The molecule has 0 bridgehead atoms. The highest BCUT2D eigenvalue weighted by Crippen LogP contribution is 2.25. The summed E-state index contributed by atoms with van der Waals surface area (Å²) >= 11 is 0. The first-order valence-corrected chi connectivity index (χ1v) is 6.95. The SMILES string of the molecule is CCOC(=O)c1cccc(OCCCOCCOC)c1N. The zero-order valence-electron chi connectivity index (χ0n) is 12.6. The summed E-state index contributed by atoms with van der Waals surface area (Å²) in [4.78, 5) is 11.7. The molecule has 1 rings (SSSR count). The molecule has 0 saturated heterocycles. The monoisotopic (exact) mass is 297 g/mol. The molecule has 1 aromatic rings. The van der Waals surface area contributed by atoms with E-state index in [1.165, 1.54) is 0 Å². The molecule has 21 heavy (non-hydrogen) atoms. The zero-order chi connectivity index (χ0) is 15.5. The van der Waals surface area contributed by atoms with Crippen molar-refractivity contribution in [2.45, 2.75) is 13.3 Å². The van der Waals surface area contributed by atoms with E-state index in [-0.39, 0.29) is 0 Å². The fourth-order valence-electron chi connectivity index (χ4n) is 1.64. The van der Waals surface area contributed by atoms with Crippen molar-refractivity contribution in [1.29, 1.82) is 0 Å². The lowest BCUT2D eigenvalue weighted by Gasteiger charge is -2.12. The van der Waals surface area contributed by atoms with E-state index >= 15 is 0 Å². The lowest BCUT2D eigenvalue weighted by Crippen LogP contribution is -2.11. The predicted molar refractivity (Wildman–Crippen MR) is 79.6 cm³/mol. The molecule has 0 aliphatic carbocycles. The molecule has 0 heterocycles. The van der Waals surface area contributed by atoms with Crippen LogP contribution in [0.1, 0.15) is 23.7 Å². The molecule has 118 valence electrons. The number of hydrogen-bond acceptors (Lipinski definition) is 6. The fourth-order valence-corrected chi connectivity index (χ4v) is 1.64. The number of para-hydroxylation sites is 1. The lowest BCUT2D eigenvalue weighted by molar-refractivity contribution is 0.0527. The molecule has 6 heteroatoms. The van der Waals surface area contributed by atoms with Crippen molar-refractivity contribution in [2.75, 3.05) is 45.9 Å². The summed E-state index contributed by atoms with van der Waals surface area (Å²) in [5.41, 5.74) is 6.55. The van der Waals surface area contributed by atoms with Crippen LogP contribution in [0.3, 0.4) is 0 Å². The summed E-state index contributed by atoms with van der Waals surface area (Å²) in [6, 6.07) is 5.06. The van der Waals surface area contributed by atoms with Crippen LogP contribution in [0.4, 0.5) is 5.69 Å². The van der Waals surface area contributed by atoms with Crippen LogP contribution in [0.15, 0.2) is 18.2 Å². The number of ether oxygens (including phenoxy) is 4. The number of methoxy groups -OCH3 is 1. The number of benzene rings is 1. The van der Waals surface area contributed by atoms with E-state index in [2.05, 4.69) is 0 Å². The van der Waals surface area contributed by atoms with Gasteiger partial charge in [0.05, 0.1) is 37.7 Å². The Bertz CT molecular complexity index is 436. The number of anilines is 1. The third-order valence-electron chi connectivity index (χ3n) is 2.68. The maximum Gasteiger partial charge on any atom is 0.340 e. The highest BCUT2D eigenvalue weighted by molar-refractivity contribution is 5.96. The van der Waals surface area contributed by atoms with Crippen LogP contribution in [0.5, 0.6) is 5.75 Å². The van der Waals surface area contributed by atoms with Gasteiger partial charge in [0.1, 0.15) is 5.75 Å². The van der Waals surface area contributed by atoms with E-state index in [0.29, 0.717) is 50.0 Å². The Balaban J connectivity index is 2.41. The molecule has 2 N–H and O–H groups in total. The van der Waals surface area contributed by atoms with Crippen LogP contribution < -0.4 is 10.5 Å². The molecule has 0 unspecified atom stereocenters. The van der Waals surface area contributed by atoms with E-state index in [0.717, 1.165) is 6.42 Å². The van der Waals surface area contributed by atoms with Crippen LogP contribution in [0.25, 0.3) is 0 Å². The van der Waals surface area contributed by atoms with Gasteiger partial charge in [-0.25, -0.2) is 4.79 Å². The molecule has 0 saturated carbocycles. The van der Waals surface area contributed by atoms with Gasteiger partial charge in [-0.05, 0) is 19.1 Å². The normalized spacial score (nSPS) is 10.4. The lowest BCUT2D eigenvalue weighted by atomic mass is 10.1. The van der Waals surface area contributed by atoms with Gasteiger partial charge in [-0.2, -0.15) is 0 Å². The van der Waals surface area contributed by atoms with Gasteiger partial charge < -0.3 is 24.7 Å². The summed E-state index contributed by atoms with van der Waals surface area (Å²) in [5.74, 6) is 0.0424. The number of esters is 1. The number of carbonyl (C=O) groups is 1. The Labute approximate surface area is 125 Å². The number of rotatable bonds is 10. The van der Waals surface area contributed by atoms with Gasteiger partial charge in [-0.1, -0.05) is 6.07 Å². The third kappa shape index (κ3) is 6.01. The molecular weight excluding hydrogens is 274 g/mol. The van der Waals surface area contributed by atoms with Crippen LogP contribution in [-0.2, 0) is 14.2 Å². The van der Waals surface area contributed by atoms with Crippen molar-refractivity contribution >= 4 is 11.7 Å². The van der Waals surface area contributed by atoms with Crippen molar-refractivity contribution in [2.24, 2.45) is 0 Å². The number of hydrogen-bond donors (Lipinski definition) is 1. The van der Waals surface area contributed by atoms with Crippen molar-refractivity contribution in [1.82, 2.24) is 0 Å². The van der Waals surface area contributed by atoms with Gasteiger partial charge in [0.25, 0.3) is 0 Å². The topological polar surface area (TPSA) is 80.0 Å². The molecule has 6 nitrogen and oxygen atoms in total. The zero-order valence-corrected chi connectivity index (χ0v) is 12.6. The van der Waals surface area contributed by atoms with E-state index in [9.17, 15) is 4.79 Å². The van der Waals surface area contributed by atoms with Crippen LogP contribution >= 0.6 is 0 Å². The van der Waals surface area contributed by atoms with E-state index < -0.39 is 5.97 Å². The van der Waals surface area contributed by atoms with Crippen LogP contribution in [0, 0.1) is 0 Å². The standard InChI is InChI=1S/C15H23NO5/c1-3-20-15(17)12-6-4-7-13(14(12)16)21-9-5-8-19-11-10-18-2/h4,6-7H,3,5,8-11,16H2,1-2H3. The summed E-state index contributed by atoms with van der Waals surface area (Å²) in [6.45, 7) is 4.25. The summed E-state index contributed by atoms with van der Waals surface area (Å²) in [6.07, 6.45) is 0.729. The number of carbonyl (C=O) groups excluding carboxylic acids is 1. The van der Waals surface area contributed by atoms with Gasteiger partial charge in [-0.15, -0.1) is 0 Å². The summed E-state index contributed by atoms with van der Waals surface area (Å²) in [7, 11) is 1.63. The van der Waals surface area contributed by atoms with Gasteiger partial charge >= 0.3 is 5.97 Å². The predicted octanol–water partition coefficient (Wildman–Crippen LogP) is 1.88. The smallest absolute Gasteiger partial charge is 0.340 e. The molecule has 0 atom stereocenters. The molecule has 0 spiro atoms. The Morgan fingerprint density at radius 1 is 1.19 bits per heavy atom. The Morgan fingerprint density at radius 3 is 2.71 bits per heavy atom. The second-order valence-corrected chi connectivity index (χ2v) is 4.25. The fraction of sp³-hybridized carbons (Fsp3) is 0.533. The minimum absolute atomic E-state index is 0.302. The Kier molecular flexibility index (Phi) is 8.23. The quantitative estimate of drug-likeness (QED) is 0.403. The van der Waals surface area contributed by atoms with Gasteiger partial charge in [-0.3, -0.25) is 0 Å². The molecule has 1 aromatic carbocycles. The Morgan fingerprint density at radius 2 is 2.00 bits per heavy atom.